The summed E-state index contributed by atoms with van der Waals surface area (Å²) < 4.78 is 28.6. The van der Waals surface area contributed by atoms with Crippen LogP contribution < -0.4 is 9.47 Å². The van der Waals surface area contributed by atoms with Gasteiger partial charge in [0.05, 0.1) is 32.2 Å². The molecule has 8 nitrogen and oxygen atoms in total. The minimum Gasteiger partial charge on any atom is -0.497 e. The highest BCUT2D eigenvalue weighted by Crippen LogP contribution is 2.55. The molecule has 2 unspecified atom stereocenters. The summed E-state index contributed by atoms with van der Waals surface area (Å²) in [6, 6.07) is 24.3. The molecule has 0 spiro atoms. The summed E-state index contributed by atoms with van der Waals surface area (Å²) in [5.74, 6) is 0.757. The quantitative estimate of drug-likeness (QED) is 0.109. The highest BCUT2D eigenvalue weighted by atomic mass is 28.3. The predicted molar refractivity (Wildman–Crippen MR) is 182 cm³/mol. The zero-order valence-corrected chi connectivity index (χ0v) is 29.8. The number of methoxy groups -OCH3 is 2. The SMILES string of the molecule is COc1ccc(C(c2ccc(OC)cc2)N2C(=O)[C@H](C(C)OC(=O)OCc3ccccc3)[C@H]2C(C)(CO[SiH](C)C)C(C)(C)C)cc1. The highest BCUT2D eigenvalue weighted by Gasteiger charge is 2.63. The Labute approximate surface area is 275 Å². The van der Waals surface area contributed by atoms with E-state index in [0.29, 0.717) is 6.61 Å². The van der Waals surface area contributed by atoms with E-state index in [1.807, 2.05) is 83.8 Å². The summed E-state index contributed by atoms with van der Waals surface area (Å²) in [6.45, 7) is 15.4. The van der Waals surface area contributed by atoms with Gasteiger partial charge in [0.1, 0.15) is 24.2 Å². The van der Waals surface area contributed by atoms with Gasteiger partial charge in [-0.15, -0.1) is 0 Å². The lowest BCUT2D eigenvalue weighted by atomic mass is 9.56. The van der Waals surface area contributed by atoms with E-state index in [4.69, 9.17) is 23.4 Å². The maximum absolute atomic E-state index is 14.5. The first-order chi connectivity index (χ1) is 21.8. The van der Waals surface area contributed by atoms with Crippen molar-refractivity contribution in [3.05, 3.63) is 95.6 Å². The van der Waals surface area contributed by atoms with Crippen LogP contribution in [0.5, 0.6) is 11.5 Å². The molecule has 3 aromatic carbocycles. The molecule has 0 radical (unpaired) electrons. The van der Waals surface area contributed by atoms with Gasteiger partial charge in [-0.1, -0.05) is 82.3 Å². The van der Waals surface area contributed by atoms with Crippen molar-refractivity contribution in [2.45, 2.75) is 72.5 Å². The molecule has 1 heterocycles. The van der Waals surface area contributed by atoms with Crippen LogP contribution in [-0.4, -0.2) is 59.0 Å². The van der Waals surface area contributed by atoms with Gasteiger partial charge in [0.25, 0.3) is 0 Å². The van der Waals surface area contributed by atoms with E-state index >= 15 is 0 Å². The molecule has 1 fully saturated rings. The van der Waals surface area contributed by atoms with Crippen LogP contribution in [0.4, 0.5) is 4.79 Å². The lowest BCUT2D eigenvalue weighted by Gasteiger charge is -2.62. The van der Waals surface area contributed by atoms with Crippen LogP contribution in [0, 0.1) is 16.7 Å². The first kappa shape index (κ1) is 35.0. The molecule has 1 amide bonds. The van der Waals surface area contributed by atoms with Crippen molar-refractivity contribution in [3.8, 4) is 11.5 Å². The molecule has 0 bridgehead atoms. The van der Waals surface area contributed by atoms with Gasteiger partial charge in [0.2, 0.25) is 5.91 Å². The van der Waals surface area contributed by atoms with Crippen molar-refractivity contribution >= 4 is 21.1 Å². The third-order valence-corrected chi connectivity index (χ3v) is 10.2. The zero-order valence-electron chi connectivity index (χ0n) is 28.6. The summed E-state index contributed by atoms with van der Waals surface area (Å²) in [5.41, 5.74) is 1.94. The Bertz CT molecular complexity index is 1390. The van der Waals surface area contributed by atoms with Crippen molar-refractivity contribution in [2.24, 2.45) is 16.7 Å². The van der Waals surface area contributed by atoms with Gasteiger partial charge in [-0.05, 0) is 66.4 Å². The highest BCUT2D eigenvalue weighted by molar-refractivity contribution is 6.48. The first-order valence-corrected chi connectivity index (χ1v) is 18.7. The number of β-lactam (4-membered cyclic amide) rings is 1. The molecule has 9 heteroatoms. The number of hydrogen-bond donors (Lipinski definition) is 0. The van der Waals surface area contributed by atoms with E-state index in [1.54, 1.807) is 21.1 Å². The number of hydrogen-bond acceptors (Lipinski definition) is 7. The minimum absolute atomic E-state index is 0.0874. The Kier molecular flexibility index (Phi) is 11.2. The third-order valence-electron chi connectivity index (χ3n) is 9.39. The molecule has 0 aromatic heterocycles. The van der Waals surface area contributed by atoms with E-state index < -0.39 is 38.7 Å². The second kappa shape index (κ2) is 14.7. The van der Waals surface area contributed by atoms with Crippen LogP contribution in [0.1, 0.15) is 57.4 Å². The molecule has 4 rings (SSSR count). The number of benzene rings is 3. The van der Waals surface area contributed by atoms with Crippen molar-refractivity contribution in [2.75, 3.05) is 20.8 Å². The molecule has 0 N–H and O–H groups in total. The van der Waals surface area contributed by atoms with Gasteiger partial charge >= 0.3 is 6.16 Å². The molecule has 1 saturated heterocycles. The average molecular weight is 648 g/mol. The lowest BCUT2D eigenvalue weighted by molar-refractivity contribution is -0.193. The summed E-state index contributed by atoms with van der Waals surface area (Å²) in [7, 11) is 1.85. The topological polar surface area (TPSA) is 83.5 Å². The molecule has 0 saturated carbocycles. The van der Waals surface area contributed by atoms with Crippen LogP contribution in [0.2, 0.25) is 13.1 Å². The van der Waals surface area contributed by atoms with E-state index in [1.165, 1.54) is 0 Å². The Morgan fingerprint density at radius 1 is 0.848 bits per heavy atom. The summed E-state index contributed by atoms with van der Waals surface area (Å²) >= 11 is 0. The number of nitrogens with zero attached hydrogens (tertiary/aromatic N) is 1. The zero-order chi connectivity index (χ0) is 33.6. The number of carbonyl (C=O) groups is 2. The number of carbonyl (C=O) groups excluding carboxylic acids is 2. The lowest BCUT2D eigenvalue weighted by Crippen LogP contribution is -2.73. The van der Waals surface area contributed by atoms with Crippen LogP contribution in [0.15, 0.2) is 78.9 Å². The van der Waals surface area contributed by atoms with Crippen LogP contribution in [0.3, 0.4) is 0 Å². The number of amides is 1. The summed E-state index contributed by atoms with van der Waals surface area (Å²) in [6.07, 6.45) is -1.53. The van der Waals surface area contributed by atoms with E-state index in [9.17, 15) is 9.59 Å². The van der Waals surface area contributed by atoms with Gasteiger partial charge in [-0.2, -0.15) is 0 Å². The molecular weight excluding hydrogens is 598 g/mol. The van der Waals surface area contributed by atoms with Crippen LogP contribution in [0.25, 0.3) is 0 Å². The Morgan fingerprint density at radius 3 is 1.83 bits per heavy atom. The fraction of sp³-hybridized carbons (Fsp3) is 0.459. The molecule has 4 atom stereocenters. The van der Waals surface area contributed by atoms with Gasteiger partial charge in [-0.3, -0.25) is 4.79 Å². The minimum atomic E-state index is -1.41. The Balaban J connectivity index is 1.76. The fourth-order valence-corrected chi connectivity index (χ4v) is 6.81. The second-order valence-electron chi connectivity index (χ2n) is 13.5. The smallest absolute Gasteiger partial charge is 0.497 e. The second-order valence-corrected chi connectivity index (χ2v) is 16.0. The third kappa shape index (κ3) is 7.58. The van der Waals surface area contributed by atoms with Crippen molar-refractivity contribution in [3.63, 3.8) is 0 Å². The van der Waals surface area contributed by atoms with E-state index in [2.05, 4.69) is 40.8 Å². The van der Waals surface area contributed by atoms with Gasteiger partial charge in [0.15, 0.2) is 9.04 Å². The van der Waals surface area contributed by atoms with Gasteiger partial charge in [0, 0.05) is 12.0 Å². The van der Waals surface area contributed by atoms with E-state index in [0.717, 1.165) is 28.2 Å². The maximum Gasteiger partial charge on any atom is 0.508 e. The molecule has 46 heavy (non-hydrogen) atoms. The van der Waals surface area contributed by atoms with Crippen molar-refractivity contribution in [1.82, 2.24) is 4.90 Å². The van der Waals surface area contributed by atoms with Crippen molar-refractivity contribution < 1.29 is 33.0 Å². The molecule has 0 aliphatic carbocycles. The average Bonchev–Trinajstić information content (AvgIpc) is 3.03. The fourth-order valence-electron chi connectivity index (χ4n) is 6.13. The normalized spacial score (nSPS) is 18.5. The molecule has 3 aromatic rings. The maximum atomic E-state index is 14.5. The standard InChI is InChI=1S/C37H49NO7Si/c1-25(45-35(40)43-23-26-13-11-10-12-14-26)31-33(37(5,36(2,3)4)24-44-46(8)9)38(34(31)39)32(27-15-19-29(41-6)20-16-27)28-17-21-30(42-7)22-18-28/h10-22,25,31-33,46H,23-24H2,1-9H3/t25?,31-,33+,37?/m1/s1. The monoisotopic (exact) mass is 647 g/mol. The molecule has 1 aliphatic heterocycles. The predicted octanol–water partition coefficient (Wildman–Crippen LogP) is 7.41. The van der Waals surface area contributed by atoms with Crippen molar-refractivity contribution in [1.29, 1.82) is 0 Å². The van der Waals surface area contributed by atoms with Crippen LogP contribution >= 0.6 is 0 Å². The van der Waals surface area contributed by atoms with E-state index in [-0.39, 0.29) is 24.0 Å². The molecular formula is C37H49NO7Si. The van der Waals surface area contributed by atoms with Gasteiger partial charge in [-0.25, -0.2) is 4.79 Å². The number of ether oxygens (including phenoxy) is 4. The van der Waals surface area contributed by atoms with Crippen LogP contribution in [-0.2, 0) is 25.3 Å². The largest absolute Gasteiger partial charge is 0.508 e. The molecule has 248 valence electrons. The molecule has 1 aliphatic rings. The first-order valence-electron chi connectivity index (χ1n) is 15.9. The summed E-state index contributed by atoms with van der Waals surface area (Å²) in [4.78, 5) is 29.4. The summed E-state index contributed by atoms with van der Waals surface area (Å²) in [5, 5.41) is 0. The van der Waals surface area contributed by atoms with Gasteiger partial charge < -0.3 is 28.3 Å². The number of likely N-dealkylation sites (tertiary alicyclic amines) is 1. The Hall–Kier alpha value is -3.82. The number of rotatable bonds is 13. The Morgan fingerprint density at radius 2 is 1.37 bits per heavy atom.